The van der Waals surface area contributed by atoms with Gasteiger partial charge < -0.3 is 37.6 Å². The highest BCUT2D eigenvalue weighted by Crippen LogP contribution is 2.50. The summed E-state index contributed by atoms with van der Waals surface area (Å²) in [6.45, 7) is 2.10. The predicted molar refractivity (Wildman–Crippen MR) is 247 cm³/mol. The molecule has 8 heteroatoms. The molecular weight excluding hydrogens is 773 g/mol. The van der Waals surface area contributed by atoms with Crippen LogP contribution in [0, 0.1) is 0 Å². The van der Waals surface area contributed by atoms with Crippen LogP contribution in [0.3, 0.4) is 0 Å². The zero-order chi connectivity index (χ0) is 40.7. The van der Waals surface area contributed by atoms with E-state index in [-0.39, 0.29) is 0 Å². The summed E-state index contributed by atoms with van der Waals surface area (Å²) in [4.78, 5) is 4.53. The van der Waals surface area contributed by atoms with Crippen LogP contribution < -0.4 is 28.7 Å². The SMILES string of the molecule is c1ccc(N(c2ccc3c(c2)OCCO3)c2cc3oc4cc5oc6cc(N(c7ccccc7)c7ccc8c(c7)OCCO8)c7ccccc7c6c5cc4c3c3ccccc23)cc1. The number of furan rings is 2. The molecule has 0 spiro atoms. The third-order valence-corrected chi connectivity index (χ3v) is 12.1. The monoisotopic (exact) mass is 808 g/mol. The van der Waals surface area contributed by atoms with E-state index in [1.165, 1.54) is 0 Å². The van der Waals surface area contributed by atoms with E-state index in [2.05, 4.69) is 155 Å². The molecule has 0 N–H and O–H groups in total. The summed E-state index contributed by atoms with van der Waals surface area (Å²) in [7, 11) is 0. The van der Waals surface area contributed by atoms with Gasteiger partial charge in [-0.25, -0.2) is 0 Å². The van der Waals surface area contributed by atoms with Crippen LogP contribution >= 0.6 is 0 Å². The Hall–Kier alpha value is -8.10. The molecular formula is C54H36N2O6. The Labute approximate surface area is 355 Å². The van der Waals surface area contributed by atoms with E-state index < -0.39 is 0 Å². The number of rotatable bonds is 6. The molecule has 298 valence electrons. The van der Waals surface area contributed by atoms with E-state index in [4.69, 9.17) is 27.8 Å². The molecule has 62 heavy (non-hydrogen) atoms. The van der Waals surface area contributed by atoms with Gasteiger partial charge in [0.15, 0.2) is 23.0 Å². The smallest absolute Gasteiger partial charge is 0.163 e. The molecule has 2 aliphatic rings. The van der Waals surface area contributed by atoms with Gasteiger partial charge in [0.05, 0.1) is 22.7 Å². The molecule has 9 aromatic carbocycles. The van der Waals surface area contributed by atoms with Crippen LogP contribution in [0.1, 0.15) is 0 Å². The maximum Gasteiger partial charge on any atom is 0.163 e. The first-order valence-electron chi connectivity index (χ1n) is 20.9. The first-order chi connectivity index (χ1) is 30.7. The lowest BCUT2D eigenvalue weighted by molar-refractivity contribution is 0.171. The topological polar surface area (TPSA) is 69.7 Å². The van der Waals surface area contributed by atoms with Gasteiger partial charge in [-0.15, -0.1) is 0 Å². The van der Waals surface area contributed by atoms with Crippen molar-refractivity contribution >= 4 is 99.5 Å². The van der Waals surface area contributed by atoms with Crippen LogP contribution in [0.4, 0.5) is 34.1 Å². The largest absolute Gasteiger partial charge is 0.486 e. The van der Waals surface area contributed by atoms with Crippen molar-refractivity contribution < 1.29 is 27.8 Å². The fraction of sp³-hybridized carbons (Fsp3) is 0.0741. The molecule has 2 aliphatic heterocycles. The van der Waals surface area contributed by atoms with E-state index >= 15 is 0 Å². The molecule has 0 saturated carbocycles. The summed E-state index contributed by atoms with van der Waals surface area (Å²) in [5.74, 6) is 2.96. The van der Waals surface area contributed by atoms with E-state index in [0.29, 0.717) is 26.4 Å². The van der Waals surface area contributed by atoms with Gasteiger partial charge in [-0.05, 0) is 65.4 Å². The van der Waals surface area contributed by atoms with Gasteiger partial charge in [-0.3, -0.25) is 0 Å². The minimum absolute atomic E-state index is 0.512. The Bertz CT molecular complexity index is 3330. The van der Waals surface area contributed by atoms with Crippen LogP contribution in [0.5, 0.6) is 23.0 Å². The number of hydrogen-bond donors (Lipinski definition) is 0. The summed E-state index contributed by atoms with van der Waals surface area (Å²) in [5.41, 5.74) is 9.00. The first-order valence-corrected chi connectivity index (χ1v) is 20.9. The van der Waals surface area contributed by atoms with Crippen molar-refractivity contribution in [2.45, 2.75) is 0 Å². The first kappa shape index (κ1) is 34.7. The van der Waals surface area contributed by atoms with Crippen LogP contribution in [-0.2, 0) is 0 Å². The van der Waals surface area contributed by atoms with Crippen molar-refractivity contribution in [1.29, 1.82) is 0 Å². The average Bonchev–Trinajstić information content (AvgIpc) is 3.88. The fourth-order valence-corrected chi connectivity index (χ4v) is 9.46. The maximum absolute atomic E-state index is 6.87. The minimum atomic E-state index is 0.512. The number of anilines is 6. The molecule has 0 amide bonds. The summed E-state index contributed by atoms with van der Waals surface area (Å²) in [5, 5.41) is 8.53. The molecule has 4 heterocycles. The zero-order valence-corrected chi connectivity index (χ0v) is 33.3. The van der Waals surface area contributed by atoms with Crippen LogP contribution in [0.15, 0.2) is 179 Å². The molecule has 0 atom stereocenters. The van der Waals surface area contributed by atoms with Gasteiger partial charge in [0, 0.05) is 74.0 Å². The number of ether oxygens (including phenoxy) is 4. The lowest BCUT2D eigenvalue weighted by atomic mass is 9.98. The van der Waals surface area contributed by atoms with Gasteiger partial charge in [-0.2, -0.15) is 0 Å². The highest BCUT2D eigenvalue weighted by Gasteiger charge is 2.26. The number of nitrogens with zero attached hydrogens (tertiary/aromatic N) is 2. The number of fused-ring (bicyclic) bond motifs is 12. The molecule has 0 unspecified atom stereocenters. The van der Waals surface area contributed by atoms with E-state index in [1.54, 1.807) is 0 Å². The van der Waals surface area contributed by atoms with E-state index in [9.17, 15) is 0 Å². The Morgan fingerprint density at radius 1 is 0.290 bits per heavy atom. The van der Waals surface area contributed by atoms with Crippen molar-refractivity contribution in [1.82, 2.24) is 0 Å². The second-order valence-electron chi connectivity index (χ2n) is 15.7. The molecule has 0 radical (unpaired) electrons. The maximum atomic E-state index is 6.87. The molecule has 0 fully saturated rings. The van der Waals surface area contributed by atoms with Crippen LogP contribution in [0.25, 0.3) is 65.4 Å². The molecule has 8 nitrogen and oxygen atoms in total. The lowest BCUT2D eigenvalue weighted by Crippen LogP contribution is -2.16. The molecule has 0 saturated heterocycles. The Morgan fingerprint density at radius 3 is 1.15 bits per heavy atom. The van der Waals surface area contributed by atoms with E-state index in [1.807, 2.05) is 24.3 Å². The molecule has 13 rings (SSSR count). The summed E-state index contributed by atoms with van der Waals surface area (Å²) in [6.07, 6.45) is 0. The zero-order valence-electron chi connectivity index (χ0n) is 33.3. The van der Waals surface area contributed by atoms with Gasteiger partial charge in [0.25, 0.3) is 0 Å². The second kappa shape index (κ2) is 13.7. The van der Waals surface area contributed by atoms with Gasteiger partial charge >= 0.3 is 0 Å². The summed E-state index contributed by atoms with van der Waals surface area (Å²) in [6, 6.07) is 58.9. The standard InChI is InChI=1S/C54H36N2O6/c1-3-11-33(12-4-1)55(35-19-21-45-49(27-35)59-25-23-57-45)43-30-51-53(39-17-9-7-15-37(39)43)41-29-42-48(32-47(41)61-51)62-52-31-44(38-16-8-10-18-40(38)54(42)52)56(34-13-5-2-6-14-34)36-20-22-46-50(28-36)60-26-24-58-46/h1-22,27-32H,23-26H2. The predicted octanol–water partition coefficient (Wildman–Crippen LogP) is 14.3. The Kier molecular flexibility index (Phi) is 7.69. The van der Waals surface area contributed by atoms with Crippen molar-refractivity contribution in [2.75, 3.05) is 36.2 Å². The van der Waals surface area contributed by atoms with Crippen molar-refractivity contribution in [3.05, 3.63) is 170 Å². The van der Waals surface area contributed by atoms with Gasteiger partial charge in [-0.1, -0.05) is 84.9 Å². The summed E-state index contributed by atoms with van der Waals surface area (Å²) < 4.78 is 37.7. The highest BCUT2D eigenvalue weighted by molar-refractivity contribution is 6.28. The minimum Gasteiger partial charge on any atom is -0.486 e. The molecule has 11 aromatic rings. The molecule has 0 aliphatic carbocycles. The number of benzene rings is 9. The lowest BCUT2D eigenvalue weighted by Gasteiger charge is -2.28. The van der Waals surface area contributed by atoms with Crippen LogP contribution in [0.2, 0.25) is 0 Å². The number of para-hydroxylation sites is 2. The third-order valence-electron chi connectivity index (χ3n) is 12.1. The van der Waals surface area contributed by atoms with Crippen LogP contribution in [-0.4, -0.2) is 26.4 Å². The van der Waals surface area contributed by atoms with E-state index in [0.717, 1.165) is 123 Å². The quantitative estimate of drug-likeness (QED) is 0.164. The summed E-state index contributed by atoms with van der Waals surface area (Å²) >= 11 is 0. The average molecular weight is 809 g/mol. The fourth-order valence-electron chi connectivity index (χ4n) is 9.46. The highest BCUT2D eigenvalue weighted by atomic mass is 16.6. The second-order valence-corrected chi connectivity index (χ2v) is 15.7. The number of hydrogen-bond acceptors (Lipinski definition) is 8. The normalized spacial score (nSPS) is 13.4. The van der Waals surface area contributed by atoms with Crippen molar-refractivity contribution in [3.8, 4) is 23.0 Å². The van der Waals surface area contributed by atoms with Crippen molar-refractivity contribution in [3.63, 3.8) is 0 Å². The molecule has 2 aromatic heterocycles. The Balaban J connectivity index is 1.02. The molecule has 0 bridgehead atoms. The van der Waals surface area contributed by atoms with Crippen molar-refractivity contribution in [2.24, 2.45) is 0 Å². The van der Waals surface area contributed by atoms with Gasteiger partial charge in [0.2, 0.25) is 0 Å². The van der Waals surface area contributed by atoms with Gasteiger partial charge in [0.1, 0.15) is 48.8 Å². The third kappa shape index (κ3) is 5.39. The Morgan fingerprint density at radius 2 is 0.694 bits per heavy atom.